The van der Waals surface area contributed by atoms with Crippen molar-refractivity contribution >= 4 is 11.6 Å². The van der Waals surface area contributed by atoms with Gasteiger partial charge in [0.1, 0.15) is 11.6 Å². The molecule has 0 saturated heterocycles. The number of imidazole rings is 1. The first-order valence-electron chi connectivity index (χ1n) is 9.30. The number of anilines is 1. The van der Waals surface area contributed by atoms with Crippen molar-refractivity contribution in [3.63, 3.8) is 0 Å². The van der Waals surface area contributed by atoms with Gasteiger partial charge < -0.3 is 14.6 Å². The minimum atomic E-state index is -0.0477. The minimum Gasteiger partial charge on any atom is -0.497 e. The third kappa shape index (κ3) is 4.03. The Morgan fingerprint density at radius 2 is 2.04 bits per heavy atom. The summed E-state index contributed by atoms with van der Waals surface area (Å²) in [4.78, 5) is 17.0. The van der Waals surface area contributed by atoms with Crippen LogP contribution in [0.25, 0.3) is 11.3 Å². The molecule has 1 aliphatic rings. The van der Waals surface area contributed by atoms with E-state index in [4.69, 9.17) is 9.72 Å². The first-order chi connectivity index (χ1) is 13.2. The van der Waals surface area contributed by atoms with Gasteiger partial charge in [0.15, 0.2) is 0 Å². The molecule has 1 aliphatic heterocycles. The van der Waals surface area contributed by atoms with Crippen molar-refractivity contribution in [2.45, 2.75) is 32.2 Å². The molecule has 0 saturated carbocycles. The van der Waals surface area contributed by atoms with Crippen molar-refractivity contribution in [1.82, 2.24) is 9.55 Å². The Morgan fingerprint density at radius 1 is 1.19 bits per heavy atom. The summed E-state index contributed by atoms with van der Waals surface area (Å²) in [5.41, 5.74) is 3.78. The monoisotopic (exact) mass is 361 g/mol. The van der Waals surface area contributed by atoms with Crippen LogP contribution in [0.5, 0.6) is 5.75 Å². The molecule has 0 radical (unpaired) electrons. The maximum absolute atomic E-state index is 12.3. The van der Waals surface area contributed by atoms with Crippen molar-refractivity contribution in [3.05, 3.63) is 66.1 Å². The number of benzene rings is 2. The van der Waals surface area contributed by atoms with Gasteiger partial charge in [0.25, 0.3) is 0 Å². The van der Waals surface area contributed by atoms with Gasteiger partial charge in [-0.3, -0.25) is 4.79 Å². The van der Waals surface area contributed by atoms with Crippen molar-refractivity contribution in [2.75, 3.05) is 12.4 Å². The number of aryl methyl sites for hydroxylation is 2. The van der Waals surface area contributed by atoms with Gasteiger partial charge in [0.2, 0.25) is 5.91 Å². The third-order valence-corrected chi connectivity index (χ3v) is 4.87. The molecule has 2 heterocycles. The molecule has 0 spiro atoms. The molecule has 5 nitrogen and oxygen atoms in total. The summed E-state index contributed by atoms with van der Waals surface area (Å²) < 4.78 is 7.45. The lowest BCUT2D eigenvalue weighted by atomic mass is 10.1. The molecule has 27 heavy (non-hydrogen) atoms. The highest BCUT2D eigenvalue weighted by Gasteiger charge is 2.13. The van der Waals surface area contributed by atoms with Crippen LogP contribution in [0.2, 0.25) is 0 Å². The van der Waals surface area contributed by atoms with Gasteiger partial charge in [-0.2, -0.15) is 0 Å². The summed E-state index contributed by atoms with van der Waals surface area (Å²) in [5.74, 6) is 1.88. The van der Waals surface area contributed by atoms with E-state index < -0.39 is 0 Å². The van der Waals surface area contributed by atoms with Crippen molar-refractivity contribution in [1.29, 1.82) is 0 Å². The Morgan fingerprint density at radius 3 is 2.81 bits per heavy atom. The largest absolute Gasteiger partial charge is 0.497 e. The predicted molar refractivity (Wildman–Crippen MR) is 106 cm³/mol. The maximum atomic E-state index is 12.3. The number of hydrogen-bond donors (Lipinski definition) is 1. The van der Waals surface area contributed by atoms with E-state index in [2.05, 4.69) is 16.1 Å². The zero-order valence-electron chi connectivity index (χ0n) is 15.4. The van der Waals surface area contributed by atoms with Crippen LogP contribution in [-0.2, 0) is 24.2 Å². The molecule has 0 aliphatic carbocycles. The molecule has 0 bridgehead atoms. The molecule has 1 N–H and O–H groups in total. The van der Waals surface area contributed by atoms with E-state index in [1.165, 1.54) is 18.7 Å². The number of nitrogens with zero attached hydrogens (tertiary/aromatic N) is 2. The average Bonchev–Trinajstić information content (AvgIpc) is 3.13. The number of ether oxygens (including phenoxy) is 1. The first-order valence-corrected chi connectivity index (χ1v) is 9.30. The van der Waals surface area contributed by atoms with Crippen LogP contribution in [0.4, 0.5) is 5.69 Å². The molecule has 3 aromatic rings. The Balaban J connectivity index is 1.41. The highest BCUT2D eigenvalue weighted by molar-refractivity contribution is 5.92. The Kier molecular flexibility index (Phi) is 4.92. The molecule has 2 aromatic carbocycles. The Hall–Kier alpha value is -3.08. The molecule has 0 fully saturated rings. The summed E-state index contributed by atoms with van der Waals surface area (Å²) in [6, 6.07) is 15.4. The highest BCUT2D eigenvalue weighted by Crippen LogP contribution is 2.24. The van der Waals surface area contributed by atoms with Crippen LogP contribution >= 0.6 is 0 Å². The molecule has 4 rings (SSSR count). The molecule has 138 valence electrons. The van der Waals surface area contributed by atoms with E-state index in [1.54, 1.807) is 7.11 Å². The van der Waals surface area contributed by atoms with Gasteiger partial charge in [0.05, 0.1) is 19.2 Å². The lowest BCUT2D eigenvalue weighted by molar-refractivity contribution is -0.115. The molecular formula is C22H23N3O2. The number of hydrogen-bond acceptors (Lipinski definition) is 3. The number of methoxy groups -OCH3 is 1. The first kappa shape index (κ1) is 17.3. The van der Waals surface area contributed by atoms with Crippen LogP contribution in [0.1, 0.15) is 24.2 Å². The van der Waals surface area contributed by atoms with E-state index in [0.717, 1.165) is 41.2 Å². The van der Waals surface area contributed by atoms with Crippen molar-refractivity contribution < 1.29 is 9.53 Å². The van der Waals surface area contributed by atoms with E-state index in [-0.39, 0.29) is 5.91 Å². The summed E-state index contributed by atoms with van der Waals surface area (Å²) in [5, 5.41) is 2.95. The minimum absolute atomic E-state index is 0.0477. The topological polar surface area (TPSA) is 56.1 Å². The second-order valence-corrected chi connectivity index (χ2v) is 6.85. The van der Waals surface area contributed by atoms with Gasteiger partial charge in [-0.15, -0.1) is 0 Å². The van der Waals surface area contributed by atoms with Gasteiger partial charge in [-0.05, 0) is 42.7 Å². The number of amides is 1. The fraction of sp³-hybridized carbons (Fsp3) is 0.273. The molecule has 0 unspecified atom stereocenters. The Labute approximate surface area is 159 Å². The van der Waals surface area contributed by atoms with Gasteiger partial charge in [-0.1, -0.05) is 24.3 Å². The summed E-state index contributed by atoms with van der Waals surface area (Å²) in [6.07, 6.45) is 5.94. The van der Waals surface area contributed by atoms with Crippen LogP contribution in [0.3, 0.4) is 0 Å². The number of fused-ring (bicyclic) bond motifs is 1. The fourth-order valence-corrected chi connectivity index (χ4v) is 3.45. The highest BCUT2D eigenvalue weighted by atomic mass is 16.5. The molecule has 0 atom stereocenters. The van der Waals surface area contributed by atoms with E-state index in [9.17, 15) is 4.79 Å². The molecule has 1 aromatic heterocycles. The lowest BCUT2D eigenvalue weighted by Crippen LogP contribution is -2.14. The average molecular weight is 361 g/mol. The van der Waals surface area contributed by atoms with Gasteiger partial charge in [0, 0.05) is 30.4 Å². The summed E-state index contributed by atoms with van der Waals surface area (Å²) in [6.45, 7) is 1.06. The normalized spacial score (nSPS) is 13.1. The Bertz CT molecular complexity index is 921. The number of carbonyl (C=O) groups is 1. The number of carbonyl (C=O) groups excluding carboxylic acids is 1. The molecular weight excluding hydrogens is 338 g/mol. The van der Waals surface area contributed by atoms with Gasteiger partial charge in [-0.25, -0.2) is 4.98 Å². The standard InChI is InChI=1S/C22H23N3O2/c1-27-19-6-4-5-16(13-19)14-22(26)23-18-10-8-17(9-11-18)20-15-25-12-3-2-7-21(25)24-20/h4-6,8-11,13,15H,2-3,7,12,14H2,1H3,(H,23,26). The predicted octanol–water partition coefficient (Wildman–Crippen LogP) is 4.08. The van der Waals surface area contributed by atoms with E-state index in [0.29, 0.717) is 6.42 Å². The summed E-state index contributed by atoms with van der Waals surface area (Å²) in [7, 11) is 1.62. The second kappa shape index (κ2) is 7.66. The zero-order chi connectivity index (χ0) is 18.6. The molecule has 5 heteroatoms. The van der Waals surface area contributed by atoms with Crippen LogP contribution in [0, 0.1) is 0 Å². The lowest BCUT2D eigenvalue weighted by Gasteiger charge is -2.11. The molecule has 1 amide bonds. The third-order valence-electron chi connectivity index (χ3n) is 4.87. The second-order valence-electron chi connectivity index (χ2n) is 6.85. The van der Waals surface area contributed by atoms with Crippen LogP contribution in [-0.4, -0.2) is 22.6 Å². The van der Waals surface area contributed by atoms with E-state index in [1.807, 2.05) is 48.5 Å². The number of aromatic nitrogens is 2. The smallest absolute Gasteiger partial charge is 0.228 e. The SMILES string of the molecule is COc1cccc(CC(=O)Nc2ccc(-c3cn4c(n3)CCCC4)cc2)c1. The quantitative estimate of drug-likeness (QED) is 0.745. The fourth-order valence-electron chi connectivity index (χ4n) is 3.45. The van der Waals surface area contributed by atoms with Crippen molar-refractivity contribution in [2.24, 2.45) is 0 Å². The maximum Gasteiger partial charge on any atom is 0.228 e. The number of nitrogens with one attached hydrogen (secondary N) is 1. The van der Waals surface area contributed by atoms with Gasteiger partial charge >= 0.3 is 0 Å². The van der Waals surface area contributed by atoms with Crippen LogP contribution in [0.15, 0.2) is 54.7 Å². The number of rotatable bonds is 5. The van der Waals surface area contributed by atoms with Crippen LogP contribution < -0.4 is 10.1 Å². The zero-order valence-corrected chi connectivity index (χ0v) is 15.4. The van der Waals surface area contributed by atoms with E-state index >= 15 is 0 Å². The summed E-state index contributed by atoms with van der Waals surface area (Å²) >= 11 is 0. The van der Waals surface area contributed by atoms with Crippen molar-refractivity contribution in [3.8, 4) is 17.0 Å².